The zero-order valence-corrected chi connectivity index (χ0v) is 37.7. The largest absolute Gasteiger partial charge is 0.455 e. The van der Waals surface area contributed by atoms with Gasteiger partial charge in [-0.05, 0) is 97.2 Å². The highest BCUT2D eigenvalue weighted by molar-refractivity contribution is 7.83. The first-order chi connectivity index (χ1) is 30.7. The first kappa shape index (κ1) is 45.7. The van der Waals surface area contributed by atoms with E-state index in [1.54, 1.807) is 25.5 Å². The fourth-order valence-corrected chi connectivity index (χ4v) is 9.47. The molecule has 14 nitrogen and oxygen atoms in total. The van der Waals surface area contributed by atoms with Gasteiger partial charge in [-0.25, -0.2) is 9.19 Å². The van der Waals surface area contributed by atoms with Gasteiger partial charge in [-0.3, -0.25) is 24.5 Å². The third-order valence-corrected chi connectivity index (χ3v) is 13.4. The van der Waals surface area contributed by atoms with Crippen LogP contribution in [0.1, 0.15) is 68.3 Å². The summed E-state index contributed by atoms with van der Waals surface area (Å²) in [6.45, 7) is 11.4. The van der Waals surface area contributed by atoms with Crippen LogP contribution in [0.2, 0.25) is 5.02 Å². The summed E-state index contributed by atoms with van der Waals surface area (Å²) in [6, 6.07) is 21.6. The number of nitrogens with zero attached hydrogens (tertiary/aromatic N) is 4. The summed E-state index contributed by atoms with van der Waals surface area (Å²) in [5.41, 5.74) is 6.59. The summed E-state index contributed by atoms with van der Waals surface area (Å²) in [6.07, 6.45) is 10.9. The molecule has 0 bridgehead atoms. The molecule has 3 aromatic carbocycles. The molecule has 5 aromatic rings. The lowest BCUT2D eigenvalue weighted by Crippen LogP contribution is -2.47. The number of benzene rings is 3. The van der Waals surface area contributed by atoms with Gasteiger partial charge < -0.3 is 29.4 Å². The molecule has 4 heterocycles. The molecule has 3 N–H and O–H groups in total. The van der Waals surface area contributed by atoms with E-state index < -0.39 is 21.8 Å². The van der Waals surface area contributed by atoms with Crippen LogP contribution in [-0.4, -0.2) is 96.1 Å². The van der Waals surface area contributed by atoms with E-state index in [9.17, 15) is 19.1 Å². The third kappa shape index (κ3) is 11.3. The number of nitro groups is 1. The Balaban J connectivity index is 0.000000679. The summed E-state index contributed by atoms with van der Waals surface area (Å²) >= 11 is 6.26. The number of rotatable bonds is 11. The average molecular weight is 899 g/mol. The fraction of sp³-hybridized carbons (Fsp3) is 0.404. The zero-order chi connectivity index (χ0) is 44.3. The standard InChI is InChI=1S/C41H42ClN7O5S.C4H8O2.C2H6/c1-43-36-10-8-33(23-37(36)49(51)52)55(53)46-40(50)34-9-7-31(22-38(34)54-32-21-28-12-16-44-39(28)45-25-32)48-19-17-47(18-20-48)26-29-11-15-41(13-2-14-41)24-35(29)27-3-5-30(42)6-4-27;1-2-6-4-3-5-1;1-2/h3-10,12,16,21-23,25,43H,2,11,13-15,17-20,24,26H2,1H3,(H,44,45)(H,46,50);1-4H2;1-2H3. The number of aromatic amines is 1. The number of amides is 1. The van der Waals surface area contributed by atoms with Gasteiger partial charge in [0.25, 0.3) is 11.6 Å². The van der Waals surface area contributed by atoms with Gasteiger partial charge in [0.05, 0.1) is 48.0 Å². The Morgan fingerprint density at radius 2 is 1.70 bits per heavy atom. The van der Waals surface area contributed by atoms with Crippen LogP contribution in [0.5, 0.6) is 11.5 Å². The summed E-state index contributed by atoms with van der Waals surface area (Å²) in [7, 11) is -0.521. The van der Waals surface area contributed by atoms with Crippen LogP contribution in [0, 0.1) is 15.5 Å². The molecule has 3 fully saturated rings. The Hall–Kier alpha value is -5.32. The first-order valence-electron chi connectivity index (χ1n) is 21.7. The Morgan fingerprint density at radius 1 is 0.968 bits per heavy atom. The molecule has 1 unspecified atom stereocenters. The van der Waals surface area contributed by atoms with E-state index in [2.05, 4.69) is 41.9 Å². The number of pyridine rings is 1. The smallest absolute Gasteiger partial charge is 0.293 e. The SMILES string of the molecule is C1COCCO1.CC.CNc1ccc(S(=O)NC(=O)c2ccc(N3CCN(CC4=C(c5ccc(Cl)cc5)CC5(CCC5)CC4)CC3)cc2Oc2cnc3[nH]ccc3c2)cc1[N+](=O)[O-]. The number of carbonyl (C=O) groups excluding carboxylic acids is 1. The van der Waals surface area contributed by atoms with Crippen molar-refractivity contribution in [2.75, 3.05) is 76.4 Å². The van der Waals surface area contributed by atoms with E-state index in [4.69, 9.17) is 25.8 Å². The molecule has 1 saturated carbocycles. The number of carbonyl (C=O) groups is 1. The summed E-state index contributed by atoms with van der Waals surface area (Å²) < 4.78 is 32.0. The van der Waals surface area contributed by atoms with Crippen LogP contribution in [0.4, 0.5) is 17.1 Å². The Labute approximate surface area is 376 Å². The lowest BCUT2D eigenvalue weighted by molar-refractivity contribution is -0.384. The van der Waals surface area contributed by atoms with E-state index in [0.29, 0.717) is 16.8 Å². The topological polar surface area (TPSA) is 164 Å². The van der Waals surface area contributed by atoms with Crippen molar-refractivity contribution in [1.82, 2.24) is 19.6 Å². The predicted octanol–water partition coefficient (Wildman–Crippen LogP) is 9.40. The van der Waals surface area contributed by atoms with E-state index in [1.807, 2.05) is 50.2 Å². The van der Waals surface area contributed by atoms with Crippen molar-refractivity contribution in [3.8, 4) is 11.5 Å². The average Bonchev–Trinajstić information content (AvgIpc) is 3.78. The van der Waals surface area contributed by atoms with Gasteiger partial charge in [0.2, 0.25) is 0 Å². The van der Waals surface area contributed by atoms with E-state index in [0.717, 1.165) is 88.1 Å². The number of fused-ring (bicyclic) bond motifs is 1. The molecule has 0 radical (unpaired) electrons. The van der Waals surface area contributed by atoms with Crippen molar-refractivity contribution >= 4 is 62.2 Å². The van der Waals surface area contributed by atoms with Crippen molar-refractivity contribution in [2.45, 2.75) is 57.3 Å². The molecule has 1 spiro atoms. The second kappa shape index (κ2) is 21.4. The van der Waals surface area contributed by atoms with Crippen molar-refractivity contribution in [1.29, 1.82) is 0 Å². The van der Waals surface area contributed by atoms with E-state index in [-0.39, 0.29) is 27.6 Å². The normalized spacial score (nSPS) is 17.7. The van der Waals surface area contributed by atoms with Crippen molar-refractivity contribution in [3.05, 3.63) is 117 Å². The minimum Gasteiger partial charge on any atom is -0.455 e. The number of piperazine rings is 1. The number of halogens is 1. The van der Waals surface area contributed by atoms with Crippen molar-refractivity contribution < 1.29 is 28.1 Å². The summed E-state index contributed by atoms with van der Waals surface area (Å²) in [4.78, 5) is 37.2. The van der Waals surface area contributed by atoms with E-state index in [1.165, 1.54) is 60.6 Å². The summed E-state index contributed by atoms with van der Waals surface area (Å²) in [5, 5.41) is 16.0. The first-order valence-corrected chi connectivity index (χ1v) is 23.2. The molecule has 9 rings (SSSR count). The van der Waals surface area contributed by atoms with Gasteiger partial charge in [-0.15, -0.1) is 0 Å². The number of nitrogens with one attached hydrogen (secondary N) is 3. The van der Waals surface area contributed by atoms with Crippen molar-refractivity contribution in [2.24, 2.45) is 5.41 Å². The predicted molar refractivity (Wildman–Crippen MR) is 249 cm³/mol. The number of anilines is 2. The highest BCUT2D eigenvalue weighted by Crippen LogP contribution is 2.55. The van der Waals surface area contributed by atoms with Gasteiger partial charge >= 0.3 is 0 Å². The Kier molecular flexibility index (Phi) is 15.5. The Morgan fingerprint density at radius 3 is 2.35 bits per heavy atom. The lowest BCUT2D eigenvalue weighted by atomic mass is 9.59. The maximum atomic E-state index is 13.7. The highest BCUT2D eigenvalue weighted by atomic mass is 35.5. The number of H-pyrrole nitrogens is 1. The minimum atomic E-state index is -2.08. The number of hydrogen-bond acceptors (Lipinski definition) is 11. The van der Waals surface area contributed by atoms with E-state index >= 15 is 0 Å². The van der Waals surface area contributed by atoms with Gasteiger partial charge in [0.15, 0.2) is 11.0 Å². The maximum Gasteiger partial charge on any atom is 0.293 e. The molecular weight excluding hydrogens is 842 g/mol. The zero-order valence-electron chi connectivity index (χ0n) is 36.1. The molecular formula is C47H56ClN7O7S. The quantitative estimate of drug-likeness (QED) is 0.0855. The van der Waals surface area contributed by atoms with Gasteiger partial charge in [-0.2, -0.15) is 0 Å². The van der Waals surface area contributed by atoms with Crippen LogP contribution in [0.3, 0.4) is 0 Å². The molecule has 2 aliphatic heterocycles. The Bertz CT molecular complexity index is 2420. The minimum absolute atomic E-state index is 0.0879. The fourth-order valence-electron chi connectivity index (χ4n) is 8.53. The molecule has 334 valence electrons. The highest BCUT2D eigenvalue weighted by Gasteiger charge is 2.41. The van der Waals surface area contributed by atoms with Crippen LogP contribution in [-0.2, 0) is 20.5 Å². The second-order valence-electron chi connectivity index (χ2n) is 15.9. The number of hydrogen-bond donors (Lipinski definition) is 3. The monoisotopic (exact) mass is 897 g/mol. The second-order valence-corrected chi connectivity index (χ2v) is 17.5. The molecule has 16 heteroatoms. The molecule has 2 aliphatic carbocycles. The molecule has 2 aromatic heterocycles. The van der Waals surface area contributed by atoms with Crippen LogP contribution in [0.15, 0.2) is 95.7 Å². The molecule has 4 aliphatic rings. The third-order valence-electron chi connectivity index (χ3n) is 12.1. The van der Waals surface area contributed by atoms with Crippen LogP contribution in [0.25, 0.3) is 16.6 Å². The van der Waals surface area contributed by atoms with Gasteiger partial charge in [0.1, 0.15) is 22.8 Å². The maximum absolute atomic E-state index is 13.7. The number of nitro benzene ring substituents is 1. The number of allylic oxidation sites excluding steroid dienone is 1. The molecule has 1 amide bonds. The molecule has 2 saturated heterocycles. The van der Waals surface area contributed by atoms with Crippen molar-refractivity contribution in [3.63, 3.8) is 0 Å². The number of aromatic nitrogens is 2. The van der Waals surface area contributed by atoms with Crippen LogP contribution < -0.4 is 19.7 Å². The van der Waals surface area contributed by atoms with Gasteiger partial charge in [-0.1, -0.05) is 49.6 Å². The van der Waals surface area contributed by atoms with Gasteiger partial charge in [0, 0.05) is 74.2 Å². The molecule has 1 atom stereocenters. The lowest BCUT2D eigenvalue weighted by Gasteiger charge is -2.47. The molecule has 63 heavy (non-hydrogen) atoms. The number of ether oxygens (including phenoxy) is 3. The summed E-state index contributed by atoms with van der Waals surface area (Å²) in [5.74, 6) is 0.0534. The van der Waals surface area contributed by atoms with Crippen LogP contribution >= 0.6 is 11.6 Å².